The van der Waals surface area contributed by atoms with Gasteiger partial charge in [0.05, 0.1) is 17.5 Å². The van der Waals surface area contributed by atoms with Crippen LogP contribution in [-0.2, 0) is 5.88 Å². The summed E-state index contributed by atoms with van der Waals surface area (Å²) in [4.78, 5) is 4.76. The molecule has 114 valence electrons. The fourth-order valence-corrected chi connectivity index (χ4v) is 4.20. The molecule has 0 aliphatic carbocycles. The minimum absolute atomic E-state index is 0.145. The number of thioether (sulfide) groups is 1. The lowest BCUT2D eigenvalue weighted by Gasteiger charge is -2.25. The first-order valence-electron chi connectivity index (χ1n) is 7.51. The number of hydrogen-bond acceptors (Lipinski definition) is 3. The molecule has 1 aromatic carbocycles. The third kappa shape index (κ3) is 3.02. The highest BCUT2D eigenvalue weighted by Crippen LogP contribution is 2.34. The quantitative estimate of drug-likeness (QED) is 0.767. The van der Waals surface area contributed by atoms with Crippen LogP contribution in [0.5, 0.6) is 5.75 Å². The Balaban J connectivity index is 2.09. The van der Waals surface area contributed by atoms with E-state index in [-0.39, 0.29) is 6.10 Å². The second-order valence-corrected chi connectivity index (χ2v) is 7.16. The number of aromatic nitrogens is 2. The first-order valence-corrected chi connectivity index (χ1v) is 9.20. The second kappa shape index (κ2) is 6.49. The van der Waals surface area contributed by atoms with Crippen LogP contribution in [0.1, 0.15) is 38.6 Å². The smallest absolute Gasteiger partial charge is 0.147 e. The van der Waals surface area contributed by atoms with E-state index >= 15 is 0 Å². The first kappa shape index (κ1) is 15.0. The molecule has 0 saturated carbocycles. The number of fused-ring (bicyclic) bond motifs is 1. The van der Waals surface area contributed by atoms with Gasteiger partial charge in [-0.3, -0.25) is 0 Å². The van der Waals surface area contributed by atoms with Crippen molar-refractivity contribution in [2.45, 2.75) is 44.7 Å². The van der Waals surface area contributed by atoms with Gasteiger partial charge in [-0.1, -0.05) is 6.07 Å². The third-order valence-electron chi connectivity index (χ3n) is 3.79. The SMILES string of the molecule is CC(C)Oc1cccc2c1nc(CCl)n2C1CCSCC1. The van der Waals surface area contributed by atoms with Gasteiger partial charge in [-0.05, 0) is 50.3 Å². The lowest BCUT2D eigenvalue weighted by Crippen LogP contribution is -2.17. The molecule has 21 heavy (non-hydrogen) atoms. The molecule has 0 atom stereocenters. The van der Waals surface area contributed by atoms with Crippen molar-refractivity contribution in [2.24, 2.45) is 0 Å². The highest BCUT2D eigenvalue weighted by atomic mass is 35.5. The van der Waals surface area contributed by atoms with Crippen molar-refractivity contribution in [3.05, 3.63) is 24.0 Å². The Kier molecular flexibility index (Phi) is 4.65. The summed E-state index contributed by atoms with van der Waals surface area (Å²) in [5.74, 6) is 4.70. The normalized spacial score (nSPS) is 16.8. The Hall–Kier alpha value is -0.870. The molecular weight excluding hydrogens is 304 g/mol. The number of halogens is 1. The van der Waals surface area contributed by atoms with E-state index in [2.05, 4.69) is 10.6 Å². The molecular formula is C16H21ClN2OS. The highest BCUT2D eigenvalue weighted by molar-refractivity contribution is 7.99. The molecule has 1 fully saturated rings. The Morgan fingerprint density at radius 3 is 2.81 bits per heavy atom. The molecule has 5 heteroatoms. The van der Waals surface area contributed by atoms with Gasteiger partial charge in [-0.25, -0.2) is 4.98 Å². The molecule has 2 aromatic rings. The van der Waals surface area contributed by atoms with Crippen LogP contribution >= 0.6 is 23.4 Å². The maximum Gasteiger partial charge on any atom is 0.147 e. The topological polar surface area (TPSA) is 27.1 Å². The predicted octanol–water partition coefficient (Wildman–Crippen LogP) is 4.63. The molecule has 0 spiro atoms. The molecule has 1 aliphatic rings. The molecule has 1 aromatic heterocycles. The fourth-order valence-electron chi connectivity index (χ4n) is 2.93. The minimum Gasteiger partial charge on any atom is -0.489 e. The number of ether oxygens (including phenoxy) is 1. The maximum atomic E-state index is 6.15. The molecule has 0 bridgehead atoms. The molecule has 3 rings (SSSR count). The van der Waals surface area contributed by atoms with Crippen molar-refractivity contribution in [1.29, 1.82) is 0 Å². The highest BCUT2D eigenvalue weighted by Gasteiger charge is 2.22. The average Bonchev–Trinajstić information content (AvgIpc) is 2.87. The van der Waals surface area contributed by atoms with Crippen molar-refractivity contribution in [3.8, 4) is 5.75 Å². The lowest BCUT2D eigenvalue weighted by molar-refractivity contribution is 0.245. The fraction of sp³-hybridized carbons (Fsp3) is 0.562. The number of benzene rings is 1. The van der Waals surface area contributed by atoms with Gasteiger partial charge in [0, 0.05) is 6.04 Å². The summed E-state index contributed by atoms with van der Waals surface area (Å²) >= 11 is 8.19. The van der Waals surface area contributed by atoms with E-state index in [1.54, 1.807) is 0 Å². The molecule has 0 unspecified atom stereocenters. The zero-order valence-corrected chi connectivity index (χ0v) is 14.1. The van der Waals surface area contributed by atoms with E-state index in [0.29, 0.717) is 11.9 Å². The Morgan fingerprint density at radius 1 is 1.38 bits per heavy atom. The van der Waals surface area contributed by atoms with Crippen LogP contribution in [0.2, 0.25) is 0 Å². The average molecular weight is 325 g/mol. The first-order chi connectivity index (χ1) is 10.2. The van der Waals surface area contributed by atoms with Gasteiger partial charge in [0.2, 0.25) is 0 Å². The molecule has 2 heterocycles. The summed E-state index contributed by atoms with van der Waals surface area (Å²) in [6, 6.07) is 6.69. The van der Waals surface area contributed by atoms with Crippen molar-refractivity contribution in [2.75, 3.05) is 11.5 Å². The van der Waals surface area contributed by atoms with Gasteiger partial charge >= 0.3 is 0 Å². The van der Waals surface area contributed by atoms with Crippen LogP contribution in [0.25, 0.3) is 11.0 Å². The van der Waals surface area contributed by atoms with Gasteiger partial charge in [-0.2, -0.15) is 11.8 Å². The zero-order chi connectivity index (χ0) is 14.8. The summed E-state index contributed by atoms with van der Waals surface area (Å²) in [6.45, 7) is 4.08. The molecule has 0 radical (unpaired) electrons. The van der Waals surface area contributed by atoms with E-state index in [0.717, 1.165) is 22.6 Å². The molecule has 1 aliphatic heterocycles. The number of imidazole rings is 1. The van der Waals surface area contributed by atoms with Gasteiger partial charge in [0.1, 0.15) is 17.1 Å². The Morgan fingerprint density at radius 2 is 2.14 bits per heavy atom. The van der Waals surface area contributed by atoms with Crippen LogP contribution in [0.3, 0.4) is 0 Å². The molecule has 0 amide bonds. The van der Waals surface area contributed by atoms with Gasteiger partial charge in [-0.15, -0.1) is 11.6 Å². The number of alkyl halides is 1. The van der Waals surface area contributed by atoms with E-state index in [1.807, 2.05) is 37.7 Å². The Bertz CT molecular complexity index is 620. The van der Waals surface area contributed by atoms with Gasteiger partial charge in [0.15, 0.2) is 0 Å². The van der Waals surface area contributed by atoms with Crippen LogP contribution < -0.4 is 4.74 Å². The maximum absolute atomic E-state index is 6.15. The number of nitrogens with zero attached hydrogens (tertiary/aromatic N) is 2. The second-order valence-electron chi connectivity index (χ2n) is 5.67. The zero-order valence-electron chi connectivity index (χ0n) is 12.5. The molecule has 3 nitrogen and oxygen atoms in total. The van der Waals surface area contributed by atoms with E-state index in [1.165, 1.54) is 24.3 Å². The van der Waals surface area contributed by atoms with Crippen molar-refractivity contribution >= 4 is 34.4 Å². The van der Waals surface area contributed by atoms with Crippen molar-refractivity contribution in [1.82, 2.24) is 9.55 Å². The van der Waals surface area contributed by atoms with Gasteiger partial charge in [0.25, 0.3) is 0 Å². The largest absolute Gasteiger partial charge is 0.489 e. The van der Waals surface area contributed by atoms with Crippen LogP contribution in [0.4, 0.5) is 0 Å². The van der Waals surface area contributed by atoms with E-state index < -0.39 is 0 Å². The number of rotatable bonds is 4. The van der Waals surface area contributed by atoms with Crippen LogP contribution in [0.15, 0.2) is 18.2 Å². The third-order valence-corrected chi connectivity index (χ3v) is 5.08. The summed E-state index contributed by atoms with van der Waals surface area (Å²) < 4.78 is 8.25. The van der Waals surface area contributed by atoms with E-state index in [4.69, 9.17) is 21.3 Å². The summed E-state index contributed by atoms with van der Waals surface area (Å²) in [6.07, 6.45) is 2.52. The summed E-state index contributed by atoms with van der Waals surface area (Å²) in [5, 5.41) is 0. The van der Waals surface area contributed by atoms with Gasteiger partial charge < -0.3 is 9.30 Å². The monoisotopic (exact) mass is 324 g/mol. The minimum atomic E-state index is 0.145. The number of hydrogen-bond donors (Lipinski definition) is 0. The summed E-state index contributed by atoms with van der Waals surface area (Å²) in [5.41, 5.74) is 2.10. The Labute approximate surface area is 135 Å². The predicted molar refractivity (Wildman–Crippen MR) is 90.7 cm³/mol. The summed E-state index contributed by atoms with van der Waals surface area (Å²) in [7, 11) is 0. The van der Waals surface area contributed by atoms with Crippen molar-refractivity contribution < 1.29 is 4.74 Å². The van der Waals surface area contributed by atoms with Crippen molar-refractivity contribution in [3.63, 3.8) is 0 Å². The standard InChI is InChI=1S/C16H21ClN2OS/c1-11(2)20-14-5-3-4-13-16(14)18-15(10-17)19(13)12-6-8-21-9-7-12/h3-5,11-12H,6-10H2,1-2H3. The van der Waals surface area contributed by atoms with Crippen LogP contribution in [0, 0.1) is 0 Å². The molecule has 0 N–H and O–H groups in total. The van der Waals surface area contributed by atoms with Crippen LogP contribution in [-0.4, -0.2) is 27.2 Å². The van der Waals surface area contributed by atoms with E-state index in [9.17, 15) is 0 Å². The molecule has 1 saturated heterocycles. The number of para-hydroxylation sites is 1. The lowest BCUT2D eigenvalue weighted by atomic mass is 10.1.